The highest BCUT2D eigenvalue weighted by Gasteiger charge is 2.29. The van der Waals surface area contributed by atoms with Gasteiger partial charge in [0.25, 0.3) is 0 Å². The quantitative estimate of drug-likeness (QED) is 0.623. The molecule has 0 saturated carbocycles. The van der Waals surface area contributed by atoms with E-state index in [4.69, 9.17) is 4.74 Å². The van der Waals surface area contributed by atoms with Gasteiger partial charge in [0, 0.05) is 0 Å². The smallest absolute Gasteiger partial charge is 0.243 e. The van der Waals surface area contributed by atoms with Gasteiger partial charge in [-0.1, -0.05) is 45.0 Å². The Morgan fingerprint density at radius 3 is 2.23 bits per heavy atom. The normalized spacial score (nSPS) is 12.9. The van der Waals surface area contributed by atoms with Gasteiger partial charge in [-0.2, -0.15) is 0 Å². The van der Waals surface area contributed by atoms with Gasteiger partial charge in [0.2, 0.25) is 15.9 Å². The molecule has 0 aliphatic carbocycles. The van der Waals surface area contributed by atoms with Crippen LogP contribution in [0.4, 0.5) is 5.69 Å². The number of benzene rings is 2. The second kappa shape index (κ2) is 9.73. The average Bonchev–Trinajstić information content (AvgIpc) is 2.62. The summed E-state index contributed by atoms with van der Waals surface area (Å²) in [4.78, 5) is 12.7. The summed E-state index contributed by atoms with van der Waals surface area (Å²) in [5, 5.41) is 2.79. The molecule has 0 aliphatic rings. The lowest BCUT2D eigenvalue weighted by atomic mass is 9.86. The van der Waals surface area contributed by atoms with Crippen LogP contribution in [-0.4, -0.2) is 39.8 Å². The van der Waals surface area contributed by atoms with Crippen molar-refractivity contribution in [1.82, 2.24) is 5.32 Å². The number of nitrogens with zero attached hydrogens (tertiary/aromatic N) is 1. The number of rotatable bonds is 8. The lowest BCUT2D eigenvalue weighted by Gasteiger charge is -2.29. The van der Waals surface area contributed by atoms with Gasteiger partial charge in [0.1, 0.15) is 18.4 Å². The van der Waals surface area contributed by atoms with Gasteiger partial charge < -0.3 is 10.1 Å². The van der Waals surface area contributed by atoms with Crippen molar-refractivity contribution in [2.45, 2.75) is 53.0 Å². The Labute approximate surface area is 186 Å². The lowest BCUT2D eigenvalue weighted by molar-refractivity contribution is -0.121. The third-order valence-electron chi connectivity index (χ3n) is 4.90. The molecule has 1 N–H and O–H groups in total. The highest BCUT2D eigenvalue weighted by atomic mass is 32.2. The zero-order chi connectivity index (χ0) is 23.4. The Morgan fingerprint density at radius 2 is 1.68 bits per heavy atom. The highest BCUT2D eigenvalue weighted by molar-refractivity contribution is 7.92. The largest absolute Gasteiger partial charge is 0.491 e. The zero-order valence-corrected chi connectivity index (χ0v) is 20.3. The van der Waals surface area contributed by atoms with Gasteiger partial charge in [0.05, 0.1) is 18.5 Å². The predicted octanol–water partition coefficient (Wildman–Crippen LogP) is 3.95. The second-order valence-electron chi connectivity index (χ2n) is 8.97. The molecule has 0 spiro atoms. The van der Waals surface area contributed by atoms with E-state index in [-0.39, 0.29) is 24.5 Å². The number of anilines is 1. The summed E-state index contributed by atoms with van der Waals surface area (Å²) in [5.74, 6) is 0.405. The van der Waals surface area contributed by atoms with Crippen LogP contribution in [0.15, 0.2) is 42.5 Å². The third-order valence-corrected chi connectivity index (χ3v) is 6.15. The van der Waals surface area contributed by atoms with E-state index >= 15 is 0 Å². The Balaban J connectivity index is 2.06. The zero-order valence-electron chi connectivity index (χ0n) is 19.5. The van der Waals surface area contributed by atoms with Crippen LogP contribution in [0, 0.1) is 13.8 Å². The van der Waals surface area contributed by atoms with E-state index in [1.807, 2.05) is 44.2 Å². The van der Waals surface area contributed by atoms with Crippen LogP contribution in [0.2, 0.25) is 0 Å². The van der Waals surface area contributed by atoms with Crippen molar-refractivity contribution in [3.63, 3.8) is 0 Å². The van der Waals surface area contributed by atoms with E-state index in [9.17, 15) is 13.2 Å². The lowest BCUT2D eigenvalue weighted by Crippen LogP contribution is -2.48. The molecule has 6 nitrogen and oxygen atoms in total. The van der Waals surface area contributed by atoms with Crippen molar-refractivity contribution in [2.24, 2.45) is 0 Å². The van der Waals surface area contributed by atoms with Crippen LogP contribution >= 0.6 is 0 Å². The molecule has 1 amide bonds. The van der Waals surface area contributed by atoms with Gasteiger partial charge in [-0.25, -0.2) is 8.42 Å². The van der Waals surface area contributed by atoms with Crippen LogP contribution in [-0.2, 0) is 20.2 Å². The highest BCUT2D eigenvalue weighted by Crippen LogP contribution is 2.30. The predicted molar refractivity (Wildman–Crippen MR) is 126 cm³/mol. The molecule has 0 unspecified atom stereocenters. The number of carbonyl (C=O) groups is 1. The van der Waals surface area contributed by atoms with Gasteiger partial charge in [-0.3, -0.25) is 9.10 Å². The number of aryl methyl sites for hydroxylation is 2. The summed E-state index contributed by atoms with van der Waals surface area (Å²) in [6, 6.07) is 12.4. The summed E-state index contributed by atoms with van der Waals surface area (Å²) in [6.07, 6.45) is 1.11. The maximum atomic E-state index is 12.7. The number of sulfonamides is 1. The number of ether oxygens (including phenoxy) is 1. The molecule has 0 heterocycles. The van der Waals surface area contributed by atoms with Crippen molar-refractivity contribution in [1.29, 1.82) is 0 Å². The first kappa shape index (κ1) is 24.7. The number of hydrogen-bond donors (Lipinski definition) is 1. The SMILES string of the molecule is Cc1cc(C)cc(N([C@@H](C)C(=O)NCCOc2ccccc2C(C)(C)C)S(C)(=O)=O)c1. The first-order chi connectivity index (χ1) is 14.3. The molecule has 1 atom stereocenters. The summed E-state index contributed by atoms with van der Waals surface area (Å²) in [5.41, 5.74) is 3.38. The van der Waals surface area contributed by atoms with Crippen LogP contribution in [0.3, 0.4) is 0 Å². The second-order valence-corrected chi connectivity index (χ2v) is 10.8. The Hall–Kier alpha value is -2.54. The molecule has 7 heteroatoms. The van der Waals surface area contributed by atoms with Crippen molar-refractivity contribution >= 4 is 21.6 Å². The average molecular weight is 447 g/mol. The molecule has 0 aliphatic heterocycles. The van der Waals surface area contributed by atoms with Crippen molar-refractivity contribution < 1.29 is 17.9 Å². The number of amides is 1. The molecule has 2 aromatic carbocycles. The molecule has 2 aromatic rings. The van der Waals surface area contributed by atoms with Gasteiger partial charge >= 0.3 is 0 Å². The van der Waals surface area contributed by atoms with E-state index in [1.165, 1.54) is 0 Å². The van der Waals surface area contributed by atoms with E-state index in [0.29, 0.717) is 5.69 Å². The van der Waals surface area contributed by atoms with Crippen molar-refractivity contribution in [2.75, 3.05) is 23.7 Å². The fourth-order valence-electron chi connectivity index (χ4n) is 3.58. The van der Waals surface area contributed by atoms with Crippen LogP contribution in [0.1, 0.15) is 44.4 Å². The van der Waals surface area contributed by atoms with Gasteiger partial charge in [-0.05, 0) is 61.1 Å². The first-order valence-electron chi connectivity index (χ1n) is 10.4. The molecular formula is C24H34N2O4S. The van der Waals surface area contributed by atoms with Crippen LogP contribution < -0.4 is 14.4 Å². The Bertz CT molecular complexity index is 1010. The molecule has 2 rings (SSSR count). The number of hydrogen-bond acceptors (Lipinski definition) is 4. The van der Waals surface area contributed by atoms with Crippen molar-refractivity contribution in [3.8, 4) is 5.75 Å². The van der Waals surface area contributed by atoms with Crippen LogP contribution in [0.5, 0.6) is 5.75 Å². The first-order valence-corrected chi connectivity index (χ1v) is 12.2. The minimum atomic E-state index is -3.65. The van der Waals surface area contributed by atoms with Crippen molar-refractivity contribution in [3.05, 3.63) is 59.2 Å². The topological polar surface area (TPSA) is 75.7 Å². The standard InChI is InChI=1S/C24H34N2O4S/c1-17-14-18(2)16-20(15-17)26(31(7,28)29)19(3)23(27)25-12-13-30-22-11-9-8-10-21(22)24(4,5)6/h8-11,14-16,19H,12-13H2,1-7H3,(H,25,27)/t19-/m0/s1. The fraction of sp³-hybridized carbons (Fsp3) is 0.458. The molecular weight excluding hydrogens is 412 g/mol. The third kappa shape index (κ3) is 6.72. The number of nitrogens with one attached hydrogen (secondary N) is 1. The molecule has 0 bridgehead atoms. The fourth-order valence-corrected chi connectivity index (χ4v) is 4.74. The summed E-state index contributed by atoms with van der Waals surface area (Å²) in [6.45, 7) is 12.3. The van der Waals surface area contributed by atoms with Gasteiger partial charge in [-0.15, -0.1) is 0 Å². The van der Waals surface area contributed by atoms with E-state index in [2.05, 4.69) is 26.1 Å². The molecule has 0 saturated heterocycles. The number of para-hydroxylation sites is 1. The maximum absolute atomic E-state index is 12.7. The molecule has 0 fully saturated rings. The summed E-state index contributed by atoms with van der Waals surface area (Å²) >= 11 is 0. The Morgan fingerprint density at radius 1 is 1.10 bits per heavy atom. The van der Waals surface area contributed by atoms with E-state index in [1.54, 1.807) is 19.1 Å². The monoisotopic (exact) mass is 446 g/mol. The molecule has 0 aromatic heterocycles. The Kier molecular flexibility index (Phi) is 7.76. The van der Waals surface area contributed by atoms with Gasteiger partial charge in [0.15, 0.2) is 0 Å². The van der Waals surface area contributed by atoms with E-state index in [0.717, 1.165) is 33.0 Å². The molecule has 170 valence electrons. The summed E-state index contributed by atoms with van der Waals surface area (Å²) in [7, 11) is -3.65. The maximum Gasteiger partial charge on any atom is 0.243 e. The minimum Gasteiger partial charge on any atom is -0.491 e. The van der Waals surface area contributed by atoms with Crippen LogP contribution in [0.25, 0.3) is 0 Å². The molecule has 31 heavy (non-hydrogen) atoms. The van der Waals surface area contributed by atoms with E-state index < -0.39 is 16.1 Å². The summed E-state index contributed by atoms with van der Waals surface area (Å²) < 4.78 is 32.0. The molecule has 0 radical (unpaired) electrons. The minimum absolute atomic E-state index is 0.0592. The number of carbonyl (C=O) groups excluding carboxylic acids is 1.